The van der Waals surface area contributed by atoms with E-state index in [4.69, 9.17) is 11.6 Å². The molecule has 0 atom stereocenters. The molecule has 2 N–H and O–H groups in total. The Hall–Kier alpha value is -1.68. The predicted molar refractivity (Wildman–Crippen MR) is 106 cm³/mol. The van der Waals surface area contributed by atoms with E-state index in [0.29, 0.717) is 6.54 Å². The van der Waals surface area contributed by atoms with Gasteiger partial charge in [-0.15, -0.1) is 0 Å². The summed E-state index contributed by atoms with van der Waals surface area (Å²) in [6, 6.07) is 4.13. The van der Waals surface area contributed by atoms with Gasteiger partial charge in [0.1, 0.15) is 0 Å². The Balaban J connectivity index is 2.85. The van der Waals surface area contributed by atoms with Gasteiger partial charge in [0.15, 0.2) is 0 Å². The Bertz CT molecular complexity index is 781. The van der Waals surface area contributed by atoms with Gasteiger partial charge in [-0.25, -0.2) is 12.7 Å². The Morgan fingerprint density at radius 3 is 2.26 bits per heavy atom. The van der Waals surface area contributed by atoms with Gasteiger partial charge in [0, 0.05) is 20.1 Å². The summed E-state index contributed by atoms with van der Waals surface area (Å²) in [7, 11) is -0.807. The van der Waals surface area contributed by atoms with Gasteiger partial charge >= 0.3 is 0 Å². The van der Waals surface area contributed by atoms with Crippen LogP contribution in [0.2, 0.25) is 5.02 Å². The van der Waals surface area contributed by atoms with Crippen LogP contribution in [0, 0.1) is 0 Å². The summed E-state index contributed by atoms with van der Waals surface area (Å²) in [6.45, 7) is 6.12. The quantitative estimate of drug-likeness (QED) is 0.631. The van der Waals surface area contributed by atoms with Crippen molar-refractivity contribution in [1.29, 1.82) is 0 Å². The molecule has 0 saturated heterocycles. The third-order valence-corrected chi connectivity index (χ3v) is 5.76. The molecule has 0 radical (unpaired) electrons. The van der Waals surface area contributed by atoms with E-state index < -0.39 is 15.9 Å². The molecule has 0 saturated carbocycles. The second-order valence-corrected chi connectivity index (χ2v) is 9.06. The van der Waals surface area contributed by atoms with Crippen molar-refractivity contribution in [2.45, 2.75) is 31.7 Å². The lowest BCUT2D eigenvalue weighted by molar-refractivity contribution is -0.123. The average Bonchev–Trinajstić information content (AvgIpc) is 2.55. The minimum atomic E-state index is -3.65. The molecule has 0 spiro atoms. The van der Waals surface area contributed by atoms with E-state index in [1.807, 2.05) is 20.8 Å². The Morgan fingerprint density at radius 1 is 1.15 bits per heavy atom. The number of amides is 2. The fourth-order valence-electron chi connectivity index (χ4n) is 2.21. The van der Waals surface area contributed by atoms with Gasteiger partial charge in [-0.2, -0.15) is 0 Å². The number of carbonyl (C=O) groups is 2. The largest absolute Gasteiger partial charge is 0.353 e. The summed E-state index contributed by atoms with van der Waals surface area (Å²) in [5.41, 5.74) is 0.201. The lowest BCUT2D eigenvalue weighted by atomic mass is 10.3. The number of anilines is 1. The van der Waals surface area contributed by atoms with Crippen LogP contribution in [0.5, 0.6) is 0 Å². The lowest BCUT2D eigenvalue weighted by Crippen LogP contribution is -2.42. The minimum absolute atomic E-state index is 0.0187. The maximum atomic E-state index is 12.3. The molecule has 27 heavy (non-hydrogen) atoms. The van der Waals surface area contributed by atoms with Crippen molar-refractivity contribution < 1.29 is 18.0 Å². The minimum Gasteiger partial charge on any atom is -0.353 e. The molecule has 1 rings (SSSR count). The second kappa shape index (κ2) is 10.0. The van der Waals surface area contributed by atoms with Crippen LogP contribution in [0.25, 0.3) is 0 Å². The fourth-order valence-corrected chi connectivity index (χ4v) is 3.31. The standard InChI is InChI=1S/C17H27ClN4O4S/c1-6-22(10-16(23)19-12(2)3)11-17(24)20-15-9-13(7-8-14(15)18)27(25,26)21(4)5/h7-9,12H,6,10-11H2,1-5H3,(H,19,23)(H,20,24). The molecule has 1 aromatic rings. The van der Waals surface area contributed by atoms with E-state index in [9.17, 15) is 18.0 Å². The summed E-state index contributed by atoms with van der Waals surface area (Å²) in [5, 5.41) is 5.61. The third kappa shape index (κ3) is 7.10. The van der Waals surface area contributed by atoms with E-state index in [-0.39, 0.29) is 40.6 Å². The van der Waals surface area contributed by atoms with E-state index in [1.165, 1.54) is 32.3 Å². The number of likely N-dealkylation sites (N-methyl/N-ethyl adjacent to an activating group) is 1. The maximum Gasteiger partial charge on any atom is 0.242 e. The lowest BCUT2D eigenvalue weighted by Gasteiger charge is -2.20. The molecule has 0 heterocycles. The van der Waals surface area contributed by atoms with Gasteiger partial charge < -0.3 is 10.6 Å². The van der Waals surface area contributed by atoms with Crippen LogP contribution in [0.15, 0.2) is 23.1 Å². The van der Waals surface area contributed by atoms with Crippen LogP contribution in [0.4, 0.5) is 5.69 Å². The highest BCUT2D eigenvalue weighted by Gasteiger charge is 2.20. The molecule has 10 heteroatoms. The zero-order valence-electron chi connectivity index (χ0n) is 16.2. The highest BCUT2D eigenvalue weighted by Crippen LogP contribution is 2.26. The van der Waals surface area contributed by atoms with Gasteiger partial charge in [0.05, 0.1) is 28.7 Å². The first-order valence-corrected chi connectivity index (χ1v) is 10.3. The molecular weight excluding hydrogens is 392 g/mol. The topological polar surface area (TPSA) is 98.8 Å². The van der Waals surface area contributed by atoms with Crippen molar-refractivity contribution in [1.82, 2.24) is 14.5 Å². The number of hydrogen-bond acceptors (Lipinski definition) is 5. The van der Waals surface area contributed by atoms with Gasteiger partial charge in [0.25, 0.3) is 0 Å². The molecule has 0 unspecified atom stereocenters. The first kappa shape index (κ1) is 23.4. The smallest absolute Gasteiger partial charge is 0.242 e. The SMILES string of the molecule is CCN(CC(=O)Nc1cc(S(=O)(=O)N(C)C)ccc1Cl)CC(=O)NC(C)C. The summed E-state index contributed by atoms with van der Waals surface area (Å²) in [6.07, 6.45) is 0. The first-order valence-electron chi connectivity index (χ1n) is 8.51. The molecule has 0 fully saturated rings. The van der Waals surface area contributed by atoms with Crippen LogP contribution in [-0.4, -0.2) is 69.2 Å². The Morgan fingerprint density at radius 2 is 1.74 bits per heavy atom. The van der Waals surface area contributed by atoms with E-state index in [1.54, 1.807) is 4.90 Å². The van der Waals surface area contributed by atoms with Gasteiger partial charge in [0.2, 0.25) is 21.8 Å². The number of rotatable bonds is 9. The van der Waals surface area contributed by atoms with Crippen molar-refractivity contribution in [3.8, 4) is 0 Å². The van der Waals surface area contributed by atoms with Crippen LogP contribution < -0.4 is 10.6 Å². The van der Waals surface area contributed by atoms with Gasteiger partial charge in [-0.3, -0.25) is 14.5 Å². The highest BCUT2D eigenvalue weighted by atomic mass is 35.5. The van der Waals surface area contributed by atoms with Gasteiger partial charge in [-0.05, 0) is 38.6 Å². The summed E-state index contributed by atoms with van der Waals surface area (Å²) in [5.74, 6) is -0.563. The van der Waals surface area contributed by atoms with Crippen molar-refractivity contribution in [2.75, 3.05) is 39.0 Å². The number of benzene rings is 1. The summed E-state index contributed by atoms with van der Waals surface area (Å²) >= 11 is 6.08. The molecule has 0 aliphatic rings. The number of nitrogens with zero attached hydrogens (tertiary/aromatic N) is 2. The molecule has 0 aliphatic heterocycles. The number of sulfonamides is 1. The maximum absolute atomic E-state index is 12.3. The van der Waals surface area contributed by atoms with Gasteiger partial charge in [-0.1, -0.05) is 18.5 Å². The third-order valence-electron chi connectivity index (χ3n) is 3.62. The molecule has 8 nitrogen and oxygen atoms in total. The average molecular weight is 419 g/mol. The zero-order valence-corrected chi connectivity index (χ0v) is 17.8. The number of halogens is 1. The van der Waals surface area contributed by atoms with Crippen molar-refractivity contribution in [3.63, 3.8) is 0 Å². The molecule has 152 valence electrons. The fraction of sp³-hybridized carbons (Fsp3) is 0.529. The van der Waals surface area contributed by atoms with E-state index in [2.05, 4.69) is 10.6 Å². The van der Waals surface area contributed by atoms with E-state index >= 15 is 0 Å². The van der Waals surface area contributed by atoms with Crippen molar-refractivity contribution >= 4 is 39.1 Å². The normalized spacial score (nSPS) is 11.9. The molecular formula is C17H27ClN4O4S. The Kier molecular flexibility index (Phi) is 8.67. The molecule has 0 aliphatic carbocycles. The molecule has 1 aromatic carbocycles. The van der Waals surface area contributed by atoms with Crippen molar-refractivity contribution in [3.05, 3.63) is 23.2 Å². The van der Waals surface area contributed by atoms with Crippen molar-refractivity contribution in [2.24, 2.45) is 0 Å². The molecule has 0 bridgehead atoms. The second-order valence-electron chi connectivity index (χ2n) is 6.50. The van der Waals surface area contributed by atoms with Crippen LogP contribution in [-0.2, 0) is 19.6 Å². The first-order chi connectivity index (χ1) is 12.5. The highest BCUT2D eigenvalue weighted by molar-refractivity contribution is 7.89. The van der Waals surface area contributed by atoms with E-state index in [0.717, 1.165) is 4.31 Å². The monoisotopic (exact) mass is 418 g/mol. The van der Waals surface area contributed by atoms with Crippen LogP contribution in [0.3, 0.4) is 0 Å². The summed E-state index contributed by atoms with van der Waals surface area (Å²) < 4.78 is 25.5. The number of hydrogen-bond donors (Lipinski definition) is 2. The summed E-state index contributed by atoms with van der Waals surface area (Å²) in [4.78, 5) is 25.9. The van der Waals surface area contributed by atoms with Crippen LogP contribution >= 0.6 is 11.6 Å². The number of nitrogens with one attached hydrogen (secondary N) is 2. The number of carbonyl (C=O) groups excluding carboxylic acids is 2. The molecule has 2 amide bonds. The zero-order chi connectivity index (χ0) is 20.8. The Labute approximate surface area is 165 Å². The predicted octanol–water partition coefficient (Wildman–Crippen LogP) is 1.38. The van der Waals surface area contributed by atoms with Crippen LogP contribution in [0.1, 0.15) is 20.8 Å². The molecule has 0 aromatic heterocycles.